The Bertz CT molecular complexity index is 852. The predicted octanol–water partition coefficient (Wildman–Crippen LogP) is 3.01. The fourth-order valence-corrected chi connectivity index (χ4v) is 2.04. The lowest BCUT2D eigenvalue weighted by Gasteiger charge is -2.05. The van der Waals surface area contributed by atoms with E-state index in [4.69, 9.17) is 5.26 Å². The van der Waals surface area contributed by atoms with Crippen LogP contribution in [0.4, 0.5) is 4.39 Å². The Morgan fingerprint density at radius 1 is 1.20 bits per heavy atom. The maximum Gasteiger partial charge on any atom is 0.152 e. The van der Waals surface area contributed by atoms with Crippen molar-refractivity contribution in [3.63, 3.8) is 0 Å². The van der Waals surface area contributed by atoms with Crippen molar-refractivity contribution >= 4 is 10.9 Å². The number of aryl methyl sites for hydroxylation is 1. The maximum absolute atomic E-state index is 13.6. The first-order chi connectivity index (χ1) is 9.69. The van der Waals surface area contributed by atoms with E-state index in [1.165, 1.54) is 12.3 Å². The topological polar surface area (TPSA) is 62.5 Å². The molecule has 0 spiro atoms. The lowest BCUT2D eigenvalue weighted by Crippen LogP contribution is -1.95. The number of para-hydroxylation sites is 1. The van der Waals surface area contributed by atoms with Gasteiger partial charge >= 0.3 is 0 Å². The first-order valence-corrected chi connectivity index (χ1v) is 5.97. The molecule has 3 aromatic rings. The lowest BCUT2D eigenvalue weighted by molar-refractivity contribution is 0.637. The number of nitriles is 1. The van der Waals surface area contributed by atoms with Gasteiger partial charge in [-0.1, -0.05) is 12.1 Å². The van der Waals surface area contributed by atoms with Gasteiger partial charge in [0.15, 0.2) is 5.69 Å². The summed E-state index contributed by atoms with van der Waals surface area (Å²) >= 11 is 0. The summed E-state index contributed by atoms with van der Waals surface area (Å²) < 4.78 is 13.6. The molecule has 20 heavy (non-hydrogen) atoms. The quantitative estimate of drug-likeness (QED) is 0.677. The third-order valence-corrected chi connectivity index (χ3v) is 2.99. The molecule has 0 saturated carbocycles. The molecule has 0 saturated heterocycles. The van der Waals surface area contributed by atoms with Gasteiger partial charge in [0.25, 0.3) is 0 Å². The number of pyridine rings is 1. The van der Waals surface area contributed by atoms with Gasteiger partial charge < -0.3 is 0 Å². The number of hydrogen-bond acceptors (Lipinski definition) is 4. The Morgan fingerprint density at radius 3 is 2.85 bits per heavy atom. The van der Waals surface area contributed by atoms with E-state index in [2.05, 4.69) is 15.0 Å². The van der Waals surface area contributed by atoms with Crippen molar-refractivity contribution in [2.75, 3.05) is 0 Å². The fourth-order valence-electron chi connectivity index (χ4n) is 2.04. The molecule has 0 aliphatic carbocycles. The summed E-state index contributed by atoms with van der Waals surface area (Å²) in [6.07, 6.45) is 3.11. The minimum absolute atomic E-state index is 0.287. The molecule has 0 atom stereocenters. The molecule has 96 valence electrons. The fraction of sp³-hybridized carbons (Fsp3) is 0.0667. The number of nitrogens with zero attached hydrogens (tertiary/aromatic N) is 4. The lowest BCUT2D eigenvalue weighted by atomic mass is 10.1. The smallest absolute Gasteiger partial charge is 0.152 e. The van der Waals surface area contributed by atoms with Crippen LogP contribution in [-0.4, -0.2) is 15.0 Å². The van der Waals surface area contributed by atoms with E-state index in [0.717, 1.165) is 0 Å². The standard InChI is InChI=1S/C15H9FN4/c1-9-18-8-12(14(6-17)20-9)11-5-10-3-2-4-13(16)15(10)19-7-11/h2-5,7-8H,1H3. The van der Waals surface area contributed by atoms with Gasteiger partial charge in [0.05, 0.1) is 0 Å². The number of halogens is 1. The molecule has 2 aromatic heterocycles. The third kappa shape index (κ3) is 1.97. The van der Waals surface area contributed by atoms with Crippen molar-refractivity contribution in [1.82, 2.24) is 15.0 Å². The van der Waals surface area contributed by atoms with E-state index in [9.17, 15) is 4.39 Å². The Morgan fingerprint density at radius 2 is 2.05 bits per heavy atom. The summed E-state index contributed by atoms with van der Waals surface area (Å²) in [5.74, 6) is 0.166. The average Bonchev–Trinajstić information content (AvgIpc) is 2.47. The summed E-state index contributed by atoms with van der Waals surface area (Å²) in [6.45, 7) is 1.72. The van der Waals surface area contributed by atoms with Gasteiger partial charge in [-0.2, -0.15) is 5.26 Å². The van der Waals surface area contributed by atoms with E-state index < -0.39 is 0 Å². The van der Waals surface area contributed by atoms with Crippen LogP contribution < -0.4 is 0 Å². The molecular formula is C15H9FN4. The molecular weight excluding hydrogens is 255 g/mol. The predicted molar refractivity (Wildman–Crippen MR) is 72.2 cm³/mol. The Kier molecular flexibility index (Phi) is 2.84. The molecule has 0 bridgehead atoms. The minimum atomic E-state index is -0.366. The summed E-state index contributed by atoms with van der Waals surface area (Å²) in [5.41, 5.74) is 1.88. The highest BCUT2D eigenvalue weighted by molar-refractivity contribution is 5.84. The Hall–Kier alpha value is -2.87. The van der Waals surface area contributed by atoms with Crippen LogP contribution in [-0.2, 0) is 0 Å². The molecule has 0 amide bonds. The third-order valence-electron chi connectivity index (χ3n) is 2.99. The van der Waals surface area contributed by atoms with E-state index in [-0.39, 0.29) is 11.5 Å². The van der Waals surface area contributed by atoms with Gasteiger partial charge in [0.1, 0.15) is 23.2 Å². The second-order valence-electron chi connectivity index (χ2n) is 4.33. The van der Waals surface area contributed by atoms with Crippen LogP contribution in [0.25, 0.3) is 22.0 Å². The monoisotopic (exact) mass is 264 g/mol. The molecule has 0 N–H and O–H groups in total. The number of benzene rings is 1. The van der Waals surface area contributed by atoms with Crippen LogP contribution in [0, 0.1) is 24.1 Å². The van der Waals surface area contributed by atoms with E-state index in [1.54, 1.807) is 31.3 Å². The molecule has 0 aliphatic heterocycles. The second-order valence-corrected chi connectivity index (χ2v) is 4.33. The summed E-state index contributed by atoms with van der Waals surface area (Å²) in [6, 6.07) is 8.58. The van der Waals surface area contributed by atoms with E-state index >= 15 is 0 Å². The number of fused-ring (bicyclic) bond motifs is 1. The maximum atomic E-state index is 13.6. The molecule has 0 fully saturated rings. The first kappa shape index (κ1) is 12.2. The largest absolute Gasteiger partial charge is 0.253 e. The molecule has 0 aliphatic rings. The van der Waals surface area contributed by atoms with Crippen LogP contribution in [0.5, 0.6) is 0 Å². The molecule has 3 rings (SSSR count). The van der Waals surface area contributed by atoms with Crippen molar-refractivity contribution < 1.29 is 4.39 Å². The first-order valence-electron chi connectivity index (χ1n) is 5.97. The van der Waals surface area contributed by atoms with Gasteiger partial charge in [0.2, 0.25) is 0 Å². The van der Waals surface area contributed by atoms with Gasteiger partial charge in [0, 0.05) is 28.9 Å². The molecule has 0 radical (unpaired) electrons. The van der Waals surface area contributed by atoms with Gasteiger partial charge in [-0.3, -0.25) is 4.98 Å². The van der Waals surface area contributed by atoms with Crippen LogP contribution in [0.1, 0.15) is 11.5 Å². The highest BCUT2D eigenvalue weighted by atomic mass is 19.1. The zero-order chi connectivity index (χ0) is 14.1. The second kappa shape index (κ2) is 4.67. The number of hydrogen-bond donors (Lipinski definition) is 0. The normalized spacial score (nSPS) is 10.4. The van der Waals surface area contributed by atoms with Crippen molar-refractivity contribution in [2.45, 2.75) is 6.92 Å². The Balaban J connectivity index is 2.23. The summed E-state index contributed by atoms with van der Waals surface area (Å²) in [7, 11) is 0. The molecule has 0 unspecified atom stereocenters. The van der Waals surface area contributed by atoms with Crippen LogP contribution >= 0.6 is 0 Å². The van der Waals surface area contributed by atoms with Crippen molar-refractivity contribution in [3.05, 3.63) is 54.0 Å². The van der Waals surface area contributed by atoms with Gasteiger partial charge in [-0.25, -0.2) is 14.4 Å². The Labute approximate surface area is 114 Å². The highest BCUT2D eigenvalue weighted by Gasteiger charge is 2.10. The van der Waals surface area contributed by atoms with E-state index in [1.807, 2.05) is 6.07 Å². The number of rotatable bonds is 1. The zero-order valence-electron chi connectivity index (χ0n) is 10.6. The van der Waals surface area contributed by atoms with Crippen molar-refractivity contribution in [2.24, 2.45) is 0 Å². The van der Waals surface area contributed by atoms with Crippen molar-refractivity contribution in [3.8, 4) is 17.2 Å². The van der Waals surface area contributed by atoms with Gasteiger partial charge in [-0.05, 0) is 19.1 Å². The highest BCUT2D eigenvalue weighted by Crippen LogP contribution is 2.25. The molecule has 5 heteroatoms. The minimum Gasteiger partial charge on any atom is -0.253 e. The van der Waals surface area contributed by atoms with Crippen LogP contribution in [0.2, 0.25) is 0 Å². The van der Waals surface area contributed by atoms with Gasteiger partial charge in [-0.15, -0.1) is 0 Å². The summed E-state index contributed by atoms with van der Waals surface area (Å²) in [5, 5.41) is 9.81. The molecule has 2 heterocycles. The van der Waals surface area contributed by atoms with Crippen LogP contribution in [0.15, 0.2) is 36.7 Å². The average molecular weight is 264 g/mol. The van der Waals surface area contributed by atoms with Crippen LogP contribution in [0.3, 0.4) is 0 Å². The zero-order valence-corrected chi connectivity index (χ0v) is 10.6. The van der Waals surface area contributed by atoms with Crippen molar-refractivity contribution in [1.29, 1.82) is 5.26 Å². The summed E-state index contributed by atoms with van der Waals surface area (Å²) in [4.78, 5) is 12.3. The SMILES string of the molecule is Cc1ncc(-c2cnc3c(F)cccc3c2)c(C#N)n1. The molecule has 4 nitrogen and oxygen atoms in total. The van der Waals surface area contributed by atoms with E-state index in [0.29, 0.717) is 27.9 Å². The number of aromatic nitrogens is 3. The molecule has 1 aromatic carbocycles.